The van der Waals surface area contributed by atoms with Gasteiger partial charge in [-0.05, 0) is 6.07 Å². The number of ether oxygens (including phenoxy) is 2. The molecule has 0 radical (unpaired) electrons. The summed E-state index contributed by atoms with van der Waals surface area (Å²) in [6.07, 6.45) is 0.0451. The number of phenols is 1. The van der Waals surface area contributed by atoms with Gasteiger partial charge in [-0.2, -0.15) is 0 Å². The lowest BCUT2D eigenvalue weighted by Crippen LogP contribution is -2.04. The molecule has 6 heteroatoms. The van der Waals surface area contributed by atoms with Crippen molar-refractivity contribution in [3.05, 3.63) is 28.3 Å². The van der Waals surface area contributed by atoms with Crippen molar-refractivity contribution in [2.24, 2.45) is 0 Å². The SMILES string of the molecule is O=[N+]([O-])c1ccc(O)c(OC[C@@H]2CO2)c1. The number of epoxide rings is 1. The van der Waals surface area contributed by atoms with Gasteiger partial charge in [-0.3, -0.25) is 10.1 Å². The van der Waals surface area contributed by atoms with Crippen molar-refractivity contribution in [1.82, 2.24) is 0 Å². The van der Waals surface area contributed by atoms with Crippen LogP contribution >= 0.6 is 0 Å². The van der Waals surface area contributed by atoms with Gasteiger partial charge in [-0.25, -0.2) is 0 Å². The second-order valence-electron chi connectivity index (χ2n) is 3.18. The third-order valence-electron chi connectivity index (χ3n) is 1.98. The molecule has 0 unspecified atom stereocenters. The fourth-order valence-electron chi connectivity index (χ4n) is 1.08. The van der Waals surface area contributed by atoms with Crippen LogP contribution in [-0.2, 0) is 4.74 Å². The zero-order valence-electron chi connectivity index (χ0n) is 7.75. The van der Waals surface area contributed by atoms with E-state index >= 15 is 0 Å². The molecule has 0 saturated carbocycles. The molecule has 6 nitrogen and oxygen atoms in total. The van der Waals surface area contributed by atoms with Gasteiger partial charge in [0.05, 0.1) is 17.6 Å². The maximum atomic E-state index is 10.5. The lowest BCUT2D eigenvalue weighted by atomic mass is 10.3. The molecule has 1 atom stereocenters. The summed E-state index contributed by atoms with van der Waals surface area (Å²) in [5.41, 5.74) is -0.112. The topological polar surface area (TPSA) is 85.1 Å². The van der Waals surface area contributed by atoms with E-state index in [0.717, 1.165) is 0 Å². The first-order valence-corrected chi connectivity index (χ1v) is 4.38. The van der Waals surface area contributed by atoms with Gasteiger partial charge in [0.15, 0.2) is 11.5 Å². The third kappa shape index (κ3) is 2.35. The molecule has 1 aliphatic rings. The number of nitro benzene ring substituents is 1. The average Bonchev–Trinajstić information content (AvgIpc) is 3.00. The van der Waals surface area contributed by atoms with Crippen LogP contribution in [0.1, 0.15) is 0 Å². The van der Waals surface area contributed by atoms with Gasteiger partial charge in [-0.15, -0.1) is 0 Å². The molecule has 1 aromatic rings. The van der Waals surface area contributed by atoms with Crippen LogP contribution in [0.2, 0.25) is 0 Å². The first-order valence-electron chi connectivity index (χ1n) is 4.38. The lowest BCUT2D eigenvalue weighted by molar-refractivity contribution is -0.385. The Balaban J connectivity index is 2.12. The summed E-state index contributed by atoms with van der Waals surface area (Å²) >= 11 is 0. The van der Waals surface area contributed by atoms with Crippen LogP contribution in [-0.4, -0.2) is 29.3 Å². The Kier molecular flexibility index (Phi) is 2.42. The first-order chi connectivity index (χ1) is 7.16. The summed E-state index contributed by atoms with van der Waals surface area (Å²) in [7, 11) is 0. The number of non-ortho nitro benzene ring substituents is 1. The maximum absolute atomic E-state index is 10.5. The number of nitrogens with zero attached hydrogens (tertiary/aromatic N) is 1. The van der Waals surface area contributed by atoms with E-state index in [4.69, 9.17) is 9.47 Å². The summed E-state index contributed by atoms with van der Waals surface area (Å²) in [5, 5.41) is 19.8. The van der Waals surface area contributed by atoms with E-state index < -0.39 is 4.92 Å². The number of benzene rings is 1. The molecule has 0 aliphatic carbocycles. The highest BCUT2D eigenvalue weighted by atomic mass is 16.6. The van der Waals surface area contributed by atoms with E-state index in [9.17, 15) is 15.2 Å². The predicted molar refractivity (Wildman–Crippen MR) is 50.0 cm³/mol. The molecule has 1 N–H and O–H groups in total. The van der Waals surface area contributed by atoms with Crippen molar-refractivity contribution in [2.45, 2.75) is 6.10 Å². The number of nitro groups is 1. The van der Waals surface area contributed by atoms with Crippen LogP contribution < -0.4 is 4.74 Å². The van der Waals surface area contributed by atoms with Gasteiger partial charge in [-0.1, -0.05) is 0 Å². The molecule has 1 aliphatic heterocycles. The highest BCUT2D eigenvalue weighted by Gasteiger charge is 2.24. The minimum absolute atomic E-state index is 0.0451. The molecule has 1 saturated heterocycles. The van der Waals surface area contributed by atoms with Gasteiger partial charge in [0.25, 0.3) is 5.69 Å². The zero-order chi connectivity index (χ0) is 10.8. The zero-order valence-corrected chi connectivity index (χ0v) is 7.75. The van der Waals surface area contributed by atoms with Crippen LogP contribution in [0.25, 0.3) is 0 Å². The van der Waals surface area contributed by atoms with Crippen molar-refractivity contribution < 1.29 is 19.5 Å². The number of aromatic hydroxyl groups is 1. The van der Waals surface area contributed by atoms with E-state index in [1.54, 1.807) is 0 Å². The van der Waals surface area contributed by atoms with Crippen molar-refractivity contribution in [3.8, 4) is 11.5 Å². The molecule has 0 amide bonds. The van der Waals surface area contributed by atoms with Gasteiger partial charge in [0.1, 0.15) is 12.7 Å². The molecule has 2 rings (SSSR count). The Hall–Kier alpha value is -1.82. The monoisotopic (exact) mass is 211 g/mol. The maximum Gasteiger partial charge on any atom is 0.273 e. The Morgan fingerprint density at radius 2 is 2.40 bits per heavy atom. The van der Waals surface area contributed by atoms with Crippen LogP contribution in [0.5, 0.6) is 11.5 Å². The Bertz CT molecular complexity index is 388. The molecular formula is C9H9NO5. The van der Waals surface area contributed by atoms with E-state index in [2.05, 4.69) is 0 Å². The van der Waals surface area contributed by atoms with Crippen molar-refractivity contribution in [1.29, 1.82) is 0 Å². The van der Waals surface area contributed by atoms with Crippen molar-refractivity contribution in [3.63, 3.8) is 0 Å². The first kappa shape index (κ1) is 9.72. The highest BCUT2D eigenvalue weighted by Crippen LogP contribution is 2.30. The van der Waals surface area contributed by atoms with E-state index in [0.29, 0.717) is 13.2 Å². The van der Waals surface area contributed by atoms with Crippen LogP contribution in [0.3, 0.4) is 0 Å². The fourth-order valence-corrected chi connectivity index (χ4v) is 1.08. The second-order valence-corrected chi connectivity index (χ2v) is 3.18. The van der Waals surface area contributed by atoms with E-state index in [1.165, 1.54) is 18.2 Å². The summed E-state index contributed by atoms with van der Waals surface area (Å²) in [4.78, 5) is 9.92. The summed E-state index contributed by atoms with van der Waals surface area (Å²) in [6, 6.07) is 3.65. The molecule has 0 aromatic heterocycles. The van der Waals surface area contributed by atoms with Crippen LogP contribution in [0.15, 0.2) is 18.2 Å². The smallest absolute Gasteiger partial charge is 0.273 e. The van der Waals surface area contributed by atoms with Crippen LogP contribution in [0.4, 0.5) is 5.69 Å². The lowest BCUT2D eigenvalue weighted by Gasteiger charge is -2.05. The quantitative estimate of drug-likeness (QED) is 0.457. The summed E-state index contributed by atoms with van der Waals surface area (Å²) in [5.74, 6) is 0.000880. The third-order valence-corrected chi connectivity index (χ3v) is 1.98. The molecule has 0 spiro atoms. The molecule has 1 heterocycles. The highest BCUT2D eigenvalue weighted by molar-refractivity contribution is 5.47. The molecule has 80 valence electrons. The average molecular weight is 211 g/mol. The number of rotatable bonds is 4. The predicted octanol–water partition coefficient (Wildman–Crippen LogP) is 1.08. The van der Waals surface area contributed by atoms with Gasteiger partial charge >= 0.3 is 0 Å². The Morgan fingerprint density at radius 3 is 3.00 bits per heavy atom. The number of hydrogen-bond acceptors (Lipinski definition) is 5. The standard InChI is InChI=1S/C9H9NO5/c11-8-2-1-6(10(12)13)3-9(8)15-5-7-4-14-7/h1-3,7,11H,4-5H2/t7-/m0/s1. The number of phenolic OH excluding ortho intramolecular Hbond substituents is 1. The summed E-state index contributed by atoms with van der Waals surface area (Å²) in [6.45, 7) is 0.935. The van der Waals surface area contributed by atoms with Gasteiger partial charge in [0, 0.05) is 6.07 Å². The van der Waals surface area contributed by atoms with Gasteiger partial charge < -0.3 is 14.6 Å². The summed E-state index contributed by atoms with van der Waals surface area (Å²) < 4.78 is 10.1. The van der Waals surface area contributed by atoms with Crippen LogP contribution in [0, 0.1) is 10.1 Å². The van der Waals surface area contributed by atoms with Crippen molar-refractivity contribution in [2.75, 3.05) is 13.2 Å². The van der Waals surface area contributed by atoms with E-state index in [1.807, 2.05) is 0 Å². The number of hydrogen-bond donors (Lipinski definition) is 1. The molecule has 1 aromatic carbocycles. The molecule has 15 heavy (non-hydrogen) atoms. The Morgan fingerprint density at radius 1 is 1.67 bits per heavy atom. The Labute approximate surface area is 85.2 Å². The fraction of sp³-hybridized carbons (Fsp3) is 0.333. The minimum atomic E-state index is -0.542. The molecule has 0 bridgehead atoms. The minimum Gasteiger partial charge on any atom is -0.504 e. The van der Waals surface area contributed by atoms with Crippen molar-refractivity contribution >= 4 is 5.69 Å². The molecular weight excluding hydrogens is 202 g/mol. The van der Waals surface area contributed by atoms with Gasteiger partial charge in [0.2, 0.25) is 0 Å². The second kappa shape index (κ2) is 3.74. The largest absolute Gasteiger partial charge is 0.504 e. The van der Waals surface area contributed by atoms with E-state index in [-0.39, 0.29) is 23.3 Å². The molecule has 1 fully saturated rings. The normalized spacial score (nSPS) is 18.5.